The molecule has 3 aliphatic rings. The Bertz CT molecular complexity index is 896. The molecule has 1 saturated carbocycles. The number of hydrogen-bond acceptors (Lipinski definition) is 5. The zero-order valence-electron chi connectivity index (χ0n) is 19.3. The Morgan fingerprint density at radius 2 is 1.91 bits per heavy atom. The monoisotopic (exact) mass is 442 g/mol. The van der Waals surface area contributed by atoms with Crippen LogP contribution in [0.3, 0.4) is 0 Å². The molecule has 4 rings (SSSR count). The maximum absolute atomic E-state index is 13.3. The lowest BCUT2D eigenvalue weighted by atomic mass is 9.64. The first kappa shape index (κ1) is 22.7. The van der Waals surface area contributed by atoms with Gasteiger partial charge in [0.05, 0.1) is 13.2 Å². The number of morpholine rings is 1. The first-order chi connectivity index (χ1) is 15.2. The molecule has 3 fully saturated rings. The van der Waals surface area contributed by atoms with Gasteiger partial charge in [-0.15, -0.1) is 0 Å². The van der Waals surface area contributed by atoms with Gasteiger partial charge in [0.15, 0.2) is 0 Å². The Morgan fingerprint density at radius 3 is 2.62 bits per heavy atom. The molecule has 2 aliphatic heterocycles. The number of imide groups is 1. The fourth-order valence-electron chi connectivity index (χ4n) is 5.76. The van der Waals surface area contributed by atoms with E-state index in [-0.39, 0.29) is 23.8 Å². The smallest absolute Gasteiger partial charge is 0.325 e. The van der Waals surface area contributed by atoms with Crippen LogP contribution < -0.4 is 10.6 Å². The van der Waals surface area contributed by atoms with Gasteiger partial charge in [0.1, 0.15) is 12.1 Å². The summed E-state index contributed by atoms with van der Waals surface area (Å²) < 4.78 is 5.41. The van der Waals surface area contributed by atoms with Crippen molar-refractivity contribution >= 4 is 23.5 Å². The van der Waals surface area contributed by atoms with E-state index in [0.717, 1.165) is 30.0 Å². The maximum Gasteiger partial charge on any atom is 0.325 e. The molecule has 0 bridgehead atoms. The summed E-state index contributed by atoms with van der Waals surface area (Å²) in [6, 6.07) is 7.17. The van der Waals surface area contributed by atoms with E-state index in [1.807, 2.05) is 24.3 Å². The number of nitrogens with zero attached hydrogens (tertiary/aromatic N) is 2. The molecule has 2 unspecified atom stereocenters. The number of para-hydroxylation sites is 1. The second kappa shape index (κ2) is 8.83. The molecular weight excluding hydrogens is 408 g/mol. The molecule has 4 amide bonds. The lowest BCUT2D eigenvalue weighted by molar-refractivity contribution is -0.136. The lowest BCUT2D eigenvalue weighted by Crippen LogP contribution is -2.54. The molecule has 2 saturated heterocycles. The summed E-state index contributed by atoms with van der Waals surface area (Å²) >= 11 is 0. The molecule has 1 aromatic rings. The van der Waals surface area contributed by atoms with E-state index in [2.05, 4.69) is 36.3 Å². The molecule has 1 aromatic carbocycles. The number of rotatable bonds is 5. The zero-order chi connectivity index (χ0) is 22.9. The van der Waals surface area contributed by atoms with Crippen molar-refractivity contribution in [3.63, 3.8) is 0 Å². The second-order valence-corrected chi connectivity index (χ2v) is 10.4. The highest BCUT2D eigenvalue weighted by Crippen LogP contribution is 2.46. The molecule has 8 heteroatoms. The van der Waals surface area contributed by atoms with Gasteiger partial charge in [-0.1, -0.05) is 39.0 Å². The fourth-order valence-corrected chi connectivity index (χ4v) is 5.76. The van der Waals surface area contributed by atoms with Crippen LogP contribution in [0.1, 0.15) is 45.6 Å². The van der Waals surface area contributed by atoms with Gasteiger partial charge < -0.3 is 15.4 Å². The van der Waals surface area contributed by atoms with Gasteiger partial charge in [0, 0.05) is 25.3 Å². The van der Waals surface area contributed by atoms with Crippen molar-refractivity contribution in [3.05, 3.63) is 29.8 Å². The van der Waals surface area contributed by atoms with Crippen LogP contribution in [0.5, 0.6) is 0 Å². The van der Waals surface area contributed by atoms with Crippen molar-refractivity contribution < 1.29 is 19.1 Å². The molecule has 1 spiro atoms. The number of carbonyl (C=O) groups is 3. The Morgan fingerprint density at radius 1 is 1.19 bits per heavy atom. The van der Waals surface area contributed by atoms with Crippen LogP contribution >= 0.6 is 0 Å². The SMILES string of the molecule is CC1CC(C)(C)CC2(C1)NC(=O)N(CC(=O)Nc1ccccc1CN1CCOCC1)C2=O. The Kier molecular flexibility index (Phi) is 6.27. The largest absolute Gasteiger partial charge is 0.379 e. The summed E-state index contributed by atoms with van der Waals surface area (Å²) in [5.41, 5.74) is 0.766. The highest BCUT2D eigenvalue weighted by atomic mass is 16.5. The van der Waals surface area contributed by atoms with Crippen molar-refractivity contribution in [1.82, 2.24) is 15.1 Å². The average molecular weight is 443 g/mol. The minimum atomic E-state index is -0.896. The molecular formula is C24H34N4O4. The van der Waals surface area contributed by atoms with Gasteiger partial charge >= 0.3 is 6.03 Å². The lowest BCUT2D eigenvalue weighted by Gasteiger charge is -2.43. The number of carbonyl (C=O) groups excluding carboxylic acids is 3. The van der Waals surface area contributed by atoms with E-state index in [4.69, 9.17) is 4.74 Å². The predicted octanol–water partition coefficient (Wildman–Crippen LogP) is 2.59. The summed E-state index contributed by atoms with van der Waals surface area (Å²) in [6.07, 6.45) is 2.22. The molecule has 0 radical (unpaired) electrons. The highest BCUT2D eigenvalue weighted by Gasteiger charge is 2.56. The topological polar surface area (TPSA) is 91.0 Å². The zero-order valence-corrected chi connectivity index (χ0v) is 19.3. The molecule has 8 nitrogen and oxygen atoms in total. The highest BCUT2D eigenvalue weighted by molar-refractivity contribution is 6.10. The van der Waals surface area contributed by atoms with Crippen LogP contribution in [0.25, 0.3) is 0 Å². The normalized spacial score (nSPS) is 28.1. The summed E-state index contributed by atoms with van der Waals surface area (Å²) in [5.74, 6) is -0.328. The molecule has 1 aliphatic carbocycles. The number of ether oxygens (including phenoxy) is 1. The van der Waals surface area contributed by atoms with Crippen molar-refractivity contribution in [2.24, 2.45) is 11.3 Å². The summed E-state index contributed by atoms with van der Waals surface area (Å²) in [6.45, 7) is 9.91. The fraction of sp³-hybridized carbons (Fsp3) is 0.625. The first-order valence-corrected chi connectivity index (χ1v) is 11.5. The number of anilines is 1. The van der Waals surface area contributed by atoms with Gasteiger partial charge in [0.25, 0.3) is 5.91 Å². The second-order valence-electron chi connectivity index (χ2n) is 10.4. The third-order valence-electron chi connectivity index (χ3n) is 6.72. The van der Waals surface area contributed by atoms with E-state index in [1.165, 1.54) is 0 Å². The molecule has 2 heterocycles. The van der Waals surface area contributed by atoms with Gasteiger partial charge in [-0.25, -0.2) is 4.79 Å². The van der Waals surface area contributed by atoms with Gasteiger partial charge in [-0.05, 0) is 42.2 Å². The van der Waals surface area contributed by atoms with E-state index < -0.39 is 11.6 Å². The molecule has 32 heavy (non-hydrogen) atoms. The van der Waals surface area contributed by atoms with Crippen LogP contribution in [-0.2, 0) is 20.9 Å². The van der Waals surface area contributed by atoms with E-state index in [9.17, 15) is 14.4 Å². The summed E-state index contributed by atoms with van der Waals surface area (Å²) in [5, 5.41) is 5.84. The molecule has 174 valence electrons. The third-order valence-corrected chi connectivity index (χ3v) is 6.72. The third kappa shape index (κ3) is 4.81. The van der Waals surface area contributed by atoms with Crippen LogP contribution in [0, 0.1) is 11.3 Å². The van der Waals surface area contributed by atoms with E-state index in [1.54, 1.807) is 0 Å². The van der Waals surface area contributed by atoms with Crippen molar-refractivity contribution in [2.45, 2.75) is 52.1 Å². The number of urea groups is 1. The maximum atomic E-state index is 13.3. The number of amides is 4. The van der Waals surface area contributed by atoms with E-state index in [0.29, 0.717) is 44.2 Å². The quantitative estimate of drug-likeness (QED) is 0.684. The predicted molar refractivity (Wildman–Crippen MR) is 121 cm³/mol. The van der Waals surface area contributed by atoms with Crippen LogP contribution in [0.4, 0.5) is 10.5 Å². The standard InChI is InChI=1S/C24H34N4O4/c1-17-12-23(2,3)16-24(13-17)21(30)28(22(31)26-24)15-20(29)25-19-7-5-4-6-18(19)14-27-8-10-32-11-9-27/h4-7,17H,8-16H2,1-3H3,(H,25,29)(H,26,31). The van der Waals surface area contributed by atoms with Crippen molar-refractivity contribution in [3.8, 4) is 0 Å². The van der Waals surface area contributed by atoms with Crippen LogP contribution in [0.2, 0.25) is 0 Å². The molecule has 2 atom stereocenters. The number of benzene rings is 1. The Labute approximate surface area is 189 Å². The minimum Gasteiger partial charge on any atom is -0.379 e. The summed E-state index contributed by atoms with van der Waals surface area (Å²) in [4.78, 5) is 42.2. The van der Waals surface area contributed by atoms with Gasteiger partial charge in [0.2, 0.25) is 5.91 Å². The van der Waals surface area contributed by atoms with Crippen molar-refractivity contribution in [1.29, 1.82) is 0 Å². The van der Waals surface area contributed by atoms with Gasteiger partial charge in [-0.2, -0.15) is 0 Å². The summed E-state index contributed by atoms with van der Waals surface area (Å²) in [7, 11) is 0. The van der Waals surface area contributed by atoms with Crippen LogP contribution in [0.15, 0.2) is 24.3 Å². The van der Waals surface area contributed by atoms with Gasteiger partial charge in [-0.3, -0.25) is 19.4 Å². The van der Waals surface area contributed by atoms with Crippen molar-refractivity contribution in [2.75, 3.05) is 38.2 Å². The first-order valence-electron chi connectivity index (χ1n) is 11.5. The molecule has 0 aromatic heterocycles. The van der Waals surface area contributed by atoms with E-state index >= 15 is 0 Å². The molecule has 2 N–H and O–H groups in total. The Balaban J connectivity index is 1.42. The average Bonchev–Trinajstić information content (AvgIpc) is 2.92. The Hall–Kier alpha value is -2.45. The van der Waals surface area contributed by atoms with Crippen LogP contribution in [-0.4, -0.2) is 66.0 Å². The number of nitrogens with one attached hydrogen (secondary N) is 2. The minimum absolute atomic E-state index is 0.0443. The number of hydrogen-bond donors (Lipinski definition) is 2.